The van der Waals surface area contributed by atoms with E-state index in [1.165, 1.54) is 7.11 Å². The molecule has 0 spiro atoms. The first-order valence-corrected chi connectivity index (χ1v) is 9.37. The highest BCUT2D eigenvalue weighted by atomic mass is 16.5. The number of esters is 1. The summed E-state index contributed by atoms with van der Waals surface area (Å²) in [6, 6.07) is 7.88. The van der Waals surface area contributed by atoms with Crippen molar-refractivity contribution in [3.8, 4) is 5.75 Å². The lowest BCUT2D eigenvalue weighted by atomic mass is 9.80. The minimum absolute atomic E-state index is 0.0659. The molecule has 2 aliphatic heterocycles. The van der Waals surface area contributed by atoms with E-state index in [1.807, 2.05) is 0 Å². The molecule has 0 aliphatic carbocycles. The molecule has 0 aromatic heterocycles. The number of fused-ring (bicyclic) bond motifs is 1. The van der Waals surface area contributed by atoms with Crippen LogP contribution in [0.3, 0.4) is 0 Å². The molecule has 2 atom stereocenters. The van der Waals surface area contributed by atoms with Gasteiger partial charge in [-0.05, 0) is 31.9 Å². The highest BCUT2D eigenvalue weighted by molar-refractivity contribution is 6.07. The number of methoxy groups -OCH3 is 1. The third-order valence-corrected chi connectivity index (χ3v) is 5.00. The van der Waals surface area contributed by atoms with Crippen LogP contribution in [0.1, 0.15) is 19.8 Å². The number of carbonyl (C=O) groups excluding carboxylic acids is 3. The van der Waals surface area contributed by atoms with Crippen molar-refractivity contribution in [2.24, 2.45) is 0 Å². The average molecular weight is 418 g/mol. The van der Waals surface area contributed by atoms with E-state index in [2.05, 4.69) is 5.32 Å². The van der Waals surface area contributed by atoms with Gasteiger partial charge in [-0.2, -0.15) is 0 Å². The van der Waals surface area contributed by atoms with E-state index in [0.29, 0.717) is 5.75 Å². The minimum atomic E-state index is -1.72. The van der Waals surface area contributed by atoms with Crippen LogP contribution < -0.4 is 10.1 Å². The van der Waals surface area contributed by atoms with Crippen LogP contribution in [0, 0.1) is 0 Å². The molecule has 30 heavy (non-hydrogen) atoms. The number of aliphatic carboxylic acids is 1. The summed E-state index contributed by atoms with van der Waals surface area (Å²) in [5, 5.41) is 12.1. The van der Waals surface area contributed by atoms with Gasteiger partial charge in [0.15, 0.2) is 6.61 Å². The Labute approximate surface area is 172 Å². The summed E-state index contributed by atoms with van der Waals surface area (Å²) in [4.78, 5) is 50.2. The number of β-lactam (4-membered cyclic amide) rings is 1. The topological polar surface area (TPSA) is 131 Å². The zero-order valence-corrected chi connectivity index (χ0v) is 16.5. The second-order valence-corrected chi connectivity index (χ2v) is 6.67. The Morgan fingerprint density at radius 1 is 1.27 bits per heavy atom. The lowest BCUT2D eigenvalue weighted by Gasteiger charge is -2.56. The number of carboxylic acids is 1. The maximum absolute atomic E-state index is 12.9. The maximum Gasteiger partial charge on any atom is 0.353 e. The van der Waals surface area contributed by atoms with Crippen molar-refractivity contribution in [1.29, 1.82) is 0 Å². The number of para-hydroxylation sites is 1. The lowest BCUT2D eigenvalue weighted by molar-refractivity contribution is -0.206. The predicted molar refractivity (Wildman–Crippen MR) is 101 cm³/mol. The van der Waals surface area contributed by atoms with Gasteiger partial charge in [0.2, 0.25) is 5.72 Å². The van der Waals surface area contributed by atoms with Crippen LogP contribution in [0.2, 0.25) is 0 Å². The molecule has 2 N–H and O–H groups in total. The largest absolute Gasteiger partial charge is 0.484 e. The van der Waals surface area contributed by atoms with E-state index in [0.717, 1.165) is 4.90 Å². The molecule has 3 rings (SSSR count). The predicted octanol–water partition coefficient (Wildman–Crippen LogP) is 0.431. The fourth-order valence-electron chi connectivity index (χ4n) is 3.68. The molecule has 10 heteroatoms. The third kappa shape index (κ3) is 3.61. The summed E-state index contributed by atoms with van der Waals surface area (Å²) in [6.07, 6.45) is 0.279. The Morgan fingerprint density at radius 3 is 2.57 bits per heavy atom. The molecule has 10 nitrogen and oxygen atoms in total. The number of nitrogens with one attached hydrogen (secondary N) is 1. The Balaban J connectivity index is 1.77. The van der Waals surface area contributed by atoms with Crippen molar-refractivity contribution in [3.05, 3.63) is 41.6 Å². The second kappa shape index (κ2) is 8.54. The normalized spacial score (nSPS) is 22.7. The molecule has 0 bridgehead atoms. The summed E-state index contributed by atoms with van der Waals surface area (Å²) < 4.78 is 15.6. The molecule has 2 amide bonds. The number of ether oxygens (including phenoxy) is 3. The number of hydrogen-bond donors (Lipinski definition) is 2. The first kappa shape index (κ1) is 21.3. The summed E-state index contributed by atoms with van der Waals surface area (Å²) in [5.41, 5.74) is -2.26. The van der Waals surface area contributed by atoms with Crippen molar-refractivity contribution < 1.29 is 38.5 Å². The Morgan fingerprint density at radius 2 is 1.97 bits per heavy atom. The molecule has 0 saturated carbocycles. The van der Waals surface area contributed by atoms with Crippen LogP contribution in [-0.2, 0) is 28.7 Å². The number of carbonyl (C=O) groups is 4. The third-order valence-electron chi connectivity index (χ3n) is 5.00. The first-order chi connectivity index (χ1) is 14.4. The van der Waals surface area contributed by atoms with E-state index in [9.17, 15) is 24.3 Å². The highest BCUT2D eigenvalue weighted by Crippen LogP contribution is 2.43. The molecule has 2 aliphatic rings. The van der Waals surface area contributed by atoms with E-state index < -0.39 is 41.2 Å². The lowest BCUT2D eigenvalue weighted by Crippen LogP contribution is -2.81. The summed E-state index contributed by atoms with van der Waals surface area (Å²) in [7, 11) is 1.25. The molecule has 1 aromatic carbocycles. The molecule has 1 aromatic rings. The number of nitrogens with zero attached hydrogens (tertiary/aromatic N) is 1. The second-order valence-electron chi connectivity index (χ2n) is 6.67. The van der Waals surface area contributed by atoms with Gasteiger partial charge in [0.25, 0.3) is 11.8 Å². The SMILES string of the molecule is CCOC(=O)C1=C(C(=O)O)N2C(=O)[C@](NC(=O)COc3ccccc3)(OC)[C@H]2CC1. The molecule has 1 saturated heterocycles. The van der Waals surface area contributed by atoms with Crippen molar-refractivity contribution in [3.63, 3.8) is 0 Å². The highest BCUT2D eigenvalue weighted by Gasteiger charge is 2.66. The van der Waals surface area contributed by atoms with Crippen molar-refractivity contribution in [1.82, 2.24) is 10.2 Å². The van der Waals surface area contributed by atoms with Gasteiger partial charge in [-0.15, -0.1) is 0 Å². The number of hydrogen-bond acceptors (Lipinski definition) is 7. The quantitative estimate of drug-likeness (QED) is 0.353. The molecule has 1 fully saturated rings. The van der Waals surface area contributed by atoms with Crippen LogP contribution in [0.15, 0.2) is 41.6 Å². The standard InChI is InChI=1S/C20H22N2O8/c1-3-29-18(26)13-9-10-14-20(28-2,19(27)22(14)16(13)17(24)25)21-15(23)11-30-12-7-5-4-6-8-12/h4-8,14H,3,9-11H2,1-2H3,(H,21,23)(H,24,25)/t14-,20-/m1/s1. The molecule has 2 heterocycles. The minimum Gasteiger partial charge on any atom is -0.484 e. The Bertz CT molecular complexity index is 897. The summed E-state index contributed by atoms with van der Waals surface area (Å²) in [5.74, 6) is -3.11. The van der Waals surface area contributed by atoms with Gasteiger partial charge >= 0.3 is 11.9 Å². The van der Waals surface area contributed by atoms with E-state index in [4.69, 9.17) is 14.2 Å². The van der Waals surface area contributed by atoms with Gasteiger partial charge < -0.3 is 24.6 Å². The number of rotatable bonds is 8. The van der Waals surface area contributed by atoms with Crippen molar-refractivity contribution in [2.75, 3.05) is 20.3 Å². The number of amides is 2. The Hall–Kier alpha value is -3.40. The number of benzene rings is 1. The molecular weight excluding hydrogens is 396 g/mol. The van der Waals surface area contributed by atoms with Gasteiger partial charge in [0.1, 0.15) is 11.4 Å². The van der Waals surface area contributed by atoms with Gasteiger partial charge in [-0.1, -0.05) is 18.2 Å². The first-order valence-electron chi connectivity index (χ1n) is 9.37. The molecule has 160 valence electrons. The zero-order chi connectivity index (χ0) is 21.9. The van der Waals surface area contributed by atoms with Gasteiger partial charge in [-0.25, -0.2) is 9.59 Å². The molecular formula is C20H22N2O8. The zero-order valence-electron chi connectivity index (χ0n) is 16.5. The van der Waals surface area contributed by atoms with E-state index >= 15 is 0 Å². The summed E-state index contributed by atoms with van der Waals surface area (Å²) >= 11 is 0. The van der Waals surface area contributed by atoms with E-state index in [1.54, 1.807) is 37.3 Å². The molecule has 0 unspecified atom stereocenters. The van der Waals surface area contributed by atoms with Gasteiger partial charge in [0.05, 0.1) is 18.2 Å². The van der Waals surface area contributed by atoms with Crippen LogP contribution in [-0.4, -0.2) is 65.8 Å². The number of carboxylic acid groups (broad SMARTS) is 1. The monoisotopic (exact) mass is 418 g/mol. The van der Waals surface area contributed by atoms with E-state index in [-0.39, 0.29) is 31.6 Å². The van der Waals surface area contributed by atoms with Crippen LogP contribution in [0.5, 0.6) is 5.75 Å². The van der Waals surface area contributed by atoms with Gasteiger partial charge in [-0.3, -0.25) is 14.5 Å². The smallest absolute Gasteiger partial charge is 0.353 e. The fraction of sp³-hybridized carbons (Fsp3) is 0.400. The van der Waals surface area contributed by atoms with Crippen LogP contribution >= 0.6 is 0 Å². The molecule has 0 radical (unpaired) electrons. The maximum atomic E-state index is 12.9. The fourth-order valence-corrected chi connectivity index (χ4v) is 3.68. The van der Waals surface area contributed by atoms with Crippen molar-refractivity contribution in [2.45, 2.75) is 31.5 Å². The van der Waals surface area contributed by atoms with Crippen LogP contribution in [0.25, 0.3) is 0 Å². The van der Waals surface area contributed by atoms with Gasteiger partial charge in [0, 0.05) is 7.11 Å². The van der Waals surface area contributed by atoms with Crippen molar-refractivity contribution >= 4 is 23.8 Å². The van der Waals surface area contributed by atoms with Crippen LogP contribution in [0.4, 0.5) is 0 Å². The average Bonchev–Trinajstić information content (AvgIpc) is 2.75. The summed E-state index contributed by atoms with van der Waals surface area (Å²) in [6.45, 7) is 1.32. The Kier molecular flexibility index (Phi) is 6.06.